The van der Waals surface area contributed by atoms with Gasteiger partial charge in [-0.05, 0) is 53.9 Å². The lowest BCUT2D eigenvalue weighted by Gasteiger charge is -2.22. The van der Waals surface area contributed by atoms with Gasteiger partial charge in [-0.15, -0.1) is 0 Å². The Morgan fingerprint density at radius 2 is 1.75 bits per heavy atom. The zero-order valence-corrected chi connectivity index (χ0v) is 19.5. The van der Waals surface area contributed by atoms with E-state index < -0.39 is 17.9 Å². The predicted molar refractivity (Wildman–Crippen MR) is 133 cm³/mol. The molecule has 0 atom stereocenters. The Morgan fingerprint density at radius 1 is 1.00 bits per heavy atom. The van der Waals surface area contributed by atoms with Crippen LogP contribution in [0.4, 0.5) is 26.8 Å². The van der Waals surface area contributed by atoms with Crippen molar-refractivity contribution in [1.29, 1.82) is 0 Å². The van der Waals surface area contributed by atoms with Crippen LogP contribution in [-0.4, -0.2) is 48.6 Å². The molecule has 3 heterocycles. The van der Waals surface area contributed by atoms with Crippen LogP contribution in [0.1, 0.15) is 22.8 Å². The van der Waals surface area contributed by atoms with Crippen molar-refractivity contribution < 1.29 is 23.9 Å². The summed E-state index contributed by atoms with van der Waals surface area (Å²) in [5, 5.41) is 0. The van der Waals surface area contributed by atoms with Crippen LogP contribution >= 0.6 is 0 Å². The van der Waals surface area contributed by atoms with Crippen LogP contribution < -0.4 is 20.4 Å². The number of amides is 5. The molecule has 0 unspecified atom stereocenters. The molecule has 2 saturated heterocycles. The van der Waals surface area contributed by atoms with E-state index in [4.69, 9.17) is 10.5 Å². The molecule has 182 valence electrons. The molecule has 0 bridgehead atoms. The quantitative estimate of drug-likeness (QED) is 0.571. The van der Waals surface area contributed by atoms with Gasteiger partial charge in [-0.2, -0.15) is 0 Å². The van der Waals surface area contributed by atoms with Crippen molar-refractivity contribution in [3.8, 4) is 11.1 Å². The highest BCUT2D eigenvalue weighted by molar-refractivity contribution is 6.16. The number of benzene rings is 2. The molecule has 5 amide bonds. The van der Waals surface area contributed by atoms with E-state index in [1.807, 2.05) is 25.1 Å². The van der Waals surface area contributed by atoms with E-state index in [2.05, 4.69) is 4.98 Å². The molecule has 10 nitrogen and oxygen atoms in total. The Kier molecular flexibility index (Phi) is 5.85. The number of aromatic nitrogens is 1. The van der Waals surface area contributed by atoms with Gasteiger partial charge in [-0.3, -0.25) is 19.4 Å². The molecule has 10 heteroatoms. The Bertz CT molecular complexity index is 1370. The minimum absolute atomic E-state index is 0.239. The van der Waals surface area contributed by atoms with Gasteiger partial charge in [0.25, 0.3) is 5.91 Å². The normalized spacial score (nSPS) is 15.6. The number of cyclic esters (lactones) is 1. The second-order valence-electron chi connectivity index (χ2n) is 8.35. The minimum atomic E-state index is -0.688. The van der Waals surface area contributed by atoms with E-state index in [1.165, 1.54) is 0 Å². The Balaban J connectivity index is 1.44. The second kappa shape index (κ2) is 9.14. The topological polar surface area (TPSA) is 126 Å². The number of pyridine rings is 1. The van der Waals surface area contributed by atoms with Crippen molar-refractivity contribution in [3.05, 3.63) is 71.9 Å². The molecule has 2 fully saturated rings. The van der Waals surface area contributed by atoms with E-state index >= 15 is 0 Å². The molecule has 0 radical (unpaired) electrons. The lowest BCUT2D eigenvalue weighted by Crippen LogP contribution is -2.33. The summed E-state index contributed by atoms with van der Waals surface area (Å²) < 4.78 is 4.79. The van der Waals surface area contributed by atoms with Gasteiger partial charge in [0, 0.05) is 36.1 Å². The molecule has 2 aliphatic rings. The standard InChI is InChI=1S/C26H23N5O5/c1-2-20-21(16-6-8-18(9-7-16)31-22(32)15-36-26(31)35)10-11-28-24(20)30-13-12-29(25(30)34)19-5-3-4-17(14-19)23(27)33/h3-11,14H,2,12-13,15H2,1H3,(H2,27,33). The Morgan fingerprint density at radius 3 is 2.42 bits per heavy atom. The molecule has 2 aromatic carbocycles. The third-order valence-corrected chi connectivity index (χ3v) is 6.28. The average Bonchev–Trinajstić information content (AvgIpc) is 3.44. The number of primary amides is 1. The smallest absolute Gasteiger partial charge is 0.421 e. The molecule has 5 rings (SSSR count). The van der Waals surface area contributed by atoms with Crippen molar-refractivity contribution in [2.24, 2.45) is 5.73 Å². The van der Waals surface area contributed by atoms with Crippen LogP contribution in [0, 0.1) is 0 Å². The number of carbonyl (C=O) groups excluding carboxylic acids is 4. The van der Waals surface area contributed by atoms with E-state index in [9.17, 15) is 19.2 Å². The van der Waals surface area contributed by atoms with Gasteiger partial charge in [-0.25, -0.2) is 19.5 Å². The van der Waals surface area contributed by atoms with Crippen LogP contribution in [-0.2, 0) is 16.0 Å². The summed E-state index contributed by atoms with van der Waals surface area (Å²) in [6.07, 6.45) is 1.59. The summed E-state index contributed by atoms with van der Waals surface area (Å²) in [5.41, 5.74) is 9.40. The first kappa shape index (κ1) is 23.0. The van der Waals surface area contributed by atoms with Gasteiger partial charge in [0.05, 0.1) is 5.69 Å². The highest BCUT2D eigenvalue weighted by atomic mass is 16.6. The highest BCUT2D eigenvalue weighted by Crippen LogP contribution is 2.34. The highest BCUT2D eigenvalue weighted by Gasteiger charge is 2.34. The first-order valence-electron chi connectivity index (χ1n) is 11.5. The number of imide groups is 1. The molecule has 1 aromatic heterocycles. The Labute approximate surface area is 206 Å². The molecular formula is C26H23N5O5. The van der Waals surface area contributed by atoms with Crippen molar-refractivity contribution in [2.45, 2.75) is 13.3 Å². The molecule has 0 aliphatic carbocycles. The number of hydrogen-bond donors (Lipinski definition) is 1. The minimum Gasteiger partial charge on any atom is -0.439 e. The van der Waals surface area contributed by atoms with E-state index in [1.54, 1.807) is 52.4 Å². The van der Waals surface area contributed by atoms with E-state index in [0.717, 1.165) is 21.6 Å². The fraction of sp³-hybridized carbons (Fsp3) is 0.192. The number of anilines is 3. The first-order chi connectivity index (χ1) is 17.4. The number of ether oxygens (including phenoxy) is 1. The van der Waals surface area contributed by atoms with Gasteiger partial charge < -0.3 is 10.5 Å². The van der Waals surface area contributed by atoms with Crippen molar-refractivity contribution >= 4 is 41.1 Å². The maximum Gasteiger partial charge on any atom is 0.421 e. The second-order valence-corrected chi connectivity index (χ2v) is 8.35. The largest absolute Gasteiger partial charge is 0.439 e. The number of rotatable bonds is 6. The zero-order chi connectivity index (χ0) is 25.4. The molecule has 3 aromatic rings. The van der Waals surface area contributed by atoms with Gasteiger partial charge >= 0.3 is 12.1 Å². The number of nitrogens with zero attached hydrogens (tertiary/aromatic N) is 4. The number of urea groups is 1. The van der Waals surface area contributed by atoms with Crippen LogP contribution in [0.3, 0.4) is 0 Å². The summed E-state index contributed by atoms with van der Waals surface area (Å²) in [6.45, 7) is 2.60. The summed E-state index contributed by atoms with van der Waals surface area (Å²) >= 11 is 0. The van der Waals surface area contributed by atoms with Crippen LogP contribution in [0.2, 0.25) is 0 Å². The molecule has 0 saturated carbocycles. The predicted octanol–water partition coefficient (Wildman–Crippen LogP) is 3.34. The first-order valence-corrected chi connectivity index (χ1v) is 11.5. The summed E-state index contributed by atoms with van der Waals surface area (Å²) in [7, 11) is 0. The summed E-state index contributed by atoms with van der Waals surface area (Å²) in [4.78, 5) is 57.5. The molecule has 2 aliphatic heterocycles. The van der Waals surface area contributed by atoms with E-state index in [-0.39, 0.29) is 12.6 Å². The fourth-order valence-electron chi connectivity index (χ4n) is 4.53. The number of hydrogen-bond acceptors (Lipinski definition) is 6. The van der Waals surface area contributed by atoms with Crippen molar-refractivity contribution in [1.82, 2.24) is 4.98 Å². The van der Waals surface area contributed by atoms with Crippen LogP contribution in [0.25, 0.3) is 11.1 Å². The van der Waals surface area contributed by atoms with Gasteiger partial charge in [-0.1, -0.05) is 25.1 Å². The lowest BCUT2D eigenvalue weighted by molar-refractivity contribution is -0.117. The third kappa shape index (κ3) is 3.92. The number of nitrogens with two attached hydrogens (primary N) is 1. The number of carbonyl (C=O) groups is 4. The Hall–Kier alpha value is -4.73. The van der Waals surface area contributed by atoms with E-state index in [0.29, 0.717) is 42.3 Å². The molecule has 2 N–H and O–H groups in total. The van der Waals surface area contributed by atoms with Crippen molar-refractivity contribution in [2.75, 3.05) is 34.4 Å². The SMILES string of the molecule is CCc1c(-c2ccc(N3C(=O)COC3=O)cc2)ccnc1N1CCN(c2cccc(C(N)=O)c2)C1=O. The molecular weight excluding hydrogens is 462 g/mol. The molecule has 36 heavy (non-hydrogen) atoms. The van der Waals surface area contributed by atoms with Gasteiger partial charge in [0.2, 0.25) is 5.91 Å². The van der Waals surface area contributed by atoms with Crippen molar-refractivity contribution in [3.63, 3.8) is 0 Å². The molecule has 0 spiro atoms. The lowest BCUT2D eigenvalue weighted by atomic mass is 9.98. The monoisotopic (exact) mass is 485 g/mol. The van der Waals surface area contributed by atoms with Crippen LogP contribution in [0.15, 0.2) is 60.8 Å². The van der Waals surface area contributed by atoms with Crippen LogP contribution in [0.5, 0.6) is 0 Å². The zero-order valence-electron chi connectivity index (χ0n) is 19.5. The summed E-state index contributed by atoms with van der Waals surface area (Å²) in [6, 6.07) is 15.3. The van der Waals surface area contributed by atoms with Gasteiger partial charge in [0.1, 0.15) is 5.82 Å². The average molecular weight is 486 g/mol. The van der Waals surface area contributed by atoms with Gasteiger partial charge in [0.15, 0.2) is 6.61 Å². The summed E-state index contributed by atoms with van der Waals surface area (Å²) in [5.74, 6) is -0.400. The maximum atomic E-state index is 13.4. The third-order valence-electron chi connectivity index (χ3n) is 6.28. The fourth-order valence-corrected chi connectivity index (χ4v) is 4.53. The maximum absolute atomic E-state index is 13.4.